The zero-order valence-corrected chi connectivity index (χ0v) is 13.0. The highest BCUT2D eigenvalue weighted by atomic mass is 16.3. The van der Waals surface area contributed by atoms with Gasteiger partial charge in [0.2, 0.25) is 0 Å². The molecule has 1 fully saturated rings. The minimum Gasteiger partial charge on any atom is -0.394 e. The third-order valence-electron chi connectivity index (χ3n) is 4.44. The molecule has 1 aliphatic rings. The normalized spacial score (nSPS) is 24.5. The average Bonchev–Trinajstić information content (AvgIpc) is 2.33. The van der Waals surface area contributed by atoms with Crippen LogP contribution in [0.5, 0.6) is 0 Å². The Morgan fingerprint density at radius 1 is 1.10 bits per heavy atom. The van der Waals surface area contributed by atoms with Crippen LogP contribution in [-0.2, 0) is 0 Å². The molecule has 2 rings (SSSR count). The Morgan fingerprint density at radius 2 is 1.60 bits per heavy atom. The number of aliphatic hydroxyl groups excluding tert-OH is 2. The molecule has 0 aliphatic carbocycles. The second-order valence-electron chi connectivity index (χ2n) is 7.17. The number of hydrogen-bond donors (Lipinski definition) is 2. The molecule has 1 heterocycles. The number of nitrogens with zero attached hydrogens (tertiary/aromatic N) is 1. The quantitative estimate of drug-likeness (QED) is 0.893. The summed E-state index contributed by atoms with van der Waals surface area (Å²) in [6, 6.07) is 10.1. The van der Waals surface area contributed by atoms with Gasteiger partial charge in [-0.2, -0.15) is 0 Å². The van der Waals surface area contributed by atoms with Crippen LogP contribution < -0.4 is 0 Å². The summed E-state index contributed by atoms with van der Waals surface area (Å²) < 4.78 is 0. The Balaban J connectivity index is 2.41. The van der Waals surface area contributed by atoms with E-state index in [2.05, 4.69) is 44.7 Å². The highest BCUT2D eigenvalue weighted by Gasteiger charge is 2.48. The number of piperidine rings is 1. The van der Waals surface area contributed by atoms with Crippen LogP contribution in [0.2, 0.25) is 0 Å². The van der Waals surface area contributed by atoms with Crippen LogP contribution in [0.3, 0.4) is 0 Å². The molecule has 1 aromatic carbocycles. The second kappa shape index (κ2) is 5.47. The molecule has 1 atom stereocenters. The molecule has 0 radical (unpaired) electrons. The van der Waals surface area contributed by atoms with Crippen molar-refractivity contribution in [3.05, 3.63) is 35.9 Å². The van der Waals surface area contributed by atoms with E-state index in [-0.39, 0.29) is 29.8 Å². The van der Waals surface area contributed by atoms with Crippen LogP contribution in [0.15, 0.2) is 30.3 Å². The van der Waals surface area contributed by atoms with E-state index >= 15 is 0 Å². The first-order valence-electron chi connectivity index (χ1n) is 7.41. The van der Waals surface area contributed by atoms with Crippen molar-refractivity contribution in [1.29, 1.82) is 0 Å². The minimum atomic E-state index is -0.272. The lowest BCUT2D eigenvalue weighted by Crippen LogP contribution is -2.63. The lowest BCUT2D eigenvalue weighted by Gasteiger charge is -2.57. The van der Waals surface area contributed by atoms with Crippen molar-refractivity contribution in [2.24, 2.45) is 0 Å². The molecule has 20 heavy (non-hydrogen) atoms. The molecule has 1 saturated heterocycles. The van der Waals surface area contributed by atoms with Gasteiger partial charge in [0.15, 0.2) is 0 Å². The third-order valence-corrected chi connectivity index (χ3v) is 4.44. The van der Waals surface area contributed by atoms with Gasteiger partial charge in [-0.05, 0) is 46.1 Å². The van der Waals surface area contributed by atoms with Gasteiger partial charge >= 0.3 is 0 Å². The van der Waals surface area contributed by atoms with Gasteiger partial charge in [0.1, 0.15) is 0 Å². The summed E-state index contributed by atoms with van der Waals surface area (Å²) in [6.07, 6.45) is 1.20. The third kappa shape index (κ3) is 2.90. The fraction of sp³-hybridized carbons (Fsp3) is 0.647. The Hall–Kier alpha value is -0.900. The smallest absolute Gasteiger partial charge is 0.0629 e. The van der Waals surface area contributed by atoms with Gasteiger partial charge in [-0.3, -0.25) is 4.90 Å². The number of likely N-dealkylation sites (tertiary alicyclic amines) is 1. The van der Waals surface area contributed by atoms with Gasteiger partial charge in [0, 0.05) is 11.1 Å². The fourth-order valence-corrected chi connectivity index (χ4v) is 4.10. The van der Waals surface area contributed by atoms with Gasteiger partial charge < -0.3 is 10.2 Å². The summed E-state index contributed by atoms with van der Waals surface area (Å²) in [6.45, 7) is 8.71. The van der Waals surface area contributed by atoms with Crippen LogP contribution in [0.4, 0.5) is 0 Å². The van der Waals surface area contributed by atoms with E-state index in [1.54, 1.807) is 0 Å². The van der Waals surface area contributed by atoms with Gasteiger partial charge in [-0.25, -0.2) is 0 Å². The summed E-state index contributed by atoms with van der Waals surface area (Å²) in [5, 5.41) is 20.1. The zero-order chi connectivity index (χ0) is 15.0. The van der Waals surface area contributed by atoms with Gasteiger partial charge in [0.05, 0.1) is 18.8 Å². The first kappa shape index (κ1) is 15.5. The lowest BCUT2D eigenvalue weighted by molar-refractivity contribution is -0.115. The zero-order valence-electron chi connectivity index (χ0n) is 13.0. The Bertz CT molecular complexity index is 424. The molecule has 1 aromatic rings. The SMILES string of the molecule is CC1(C)CC(O)CC(C)(C)N1C(CO)c1ccccc1. The van der Waals surface area contributed by atoms with E-state index in [0.717, 1.165) is 18.4 Å². The van der Waals surface area contributed by atoms with Crippen molar-refractivity contribution in [3.63, 3.8) is 0 Å². The average molecular weight is 277 g/mol. The first-order chi connectivity index (χ1) is 9.28. The summed E-state index contributed by atoms with van der Waals surface area (Å²) in [5.41, 5.74) is 0.835. The monoisotopic (exact) mass is 277 g/mol. The highest BCUT2D eigenvalue weighted by molar-refractivity contribution is 5.21. The van der Waals surface area contributed by atoms with Gasteiger partial charge in [-0.15, -0.1) is 0 Å². The molecule has 1 unspecified atom stereocenters. The van der Waals surface area contributed by atoms with Crippen molar-refractivity contribution in [2.45, 2.75) is 63.8 Å². The van der Waals surface area contributed by atoms with E-state index in [9.17, 15) is 10.2 Å². The lowest BCUT2D eigenvalue weighted by atomic mass is 9.76. The predicted octanol–water partition coefficient (Wildman–Crippen LogP) is 2.73. The molecule has 0 amide bonds. The van der Waals surface area contributed by atoms with Crippen molar-refractivity contribution >= 4 is 0 Å². The summed E-state index contributed by atoms with van der Waals surface area (Å²) in [5.74, 6) is 0. The molecule has 3 nitrogen and oxygen atoms in total. The van der Waals surface area contributed by atoms with Crippen LogP contribution >= 0.6 is 0 Å². The summed E-state index contributed by atoms with van der Waals surface area (Å²) >= 11 is 0. The van der Waals surface area contributed by atoms with Crippen LogP contribution in [0.1, 0.15) is 52.1 Å². The molecule has 2 N–H and O–H groups in total. The van der Waals surface area contributed by atoms with Crippen LogP contribution in [0, 0.1) is 0 Å². The molecular weight excluding hydrogens is 250 g/mol. The topological polar surface area (TPSA) is 43.7 Å². The van der Waals surface area contributed by atoms with E-state index in [4.69, 9.17) is 0 Å². The van der Waals surface area contributed by atoms with Crippen molar-refractivity contribution in [3.8, 4) is 0 Å². The maximum Gasteiger partial charge on any atom is 0.0629 e. The van der Waals surface area contributed by atoms with E-state index in [1.165, 1.54) is 0 Å². The standard InChI is InChI=1S/C17H27NO2/c1-16(2)10-14(20)11-17(3,4)18(16)15(12-19)13-8-6-5-7-9-13/h5-9,14-15,19-20H,10-12H2,1-4H3. The summed E-state index contributed by atoms with van der Waals surface area (Å²) in [7, 11) is 0. The van der Waals surface area contributed by atoms with E-state index in [0.29, 0.717) is 0 Å². The van der Waals surface area contributed by atoms with Crippen molar-refractivity contribution in [1.82, 2.24) is 4.90 Å². The Morgan fingerprint density at radius 3 is 2.05 bits per heavy atom. The molecule has 3 heteroatoms. The maximum absolute atomic E-state index is 10.1. The fourth-order valence-electron chi connectivity index (χ4n) is 4.10. The van der Waals surface area contributed by atoms with E-state index in [1.807, 2.05) is 18.2 Å². The van der Waals surface area contributed by atoms with E-state index < -0.39 is 0 Å². The Labute approximate surface area is 122 Å². The molecule has 0 saturated carbocycles. The minimum absolute atomic E-state index is 0.0336. The predicted molar refractivity (Wildman–Crippen MR) is 81.5 cm³/mol. The maximum atomic E-state index is 10.1. The largest absolute Gasteiger partial charge is 0.394 e. The number of rotatable bonds is 3. The second-order valence-corrected chi connectivity index (χ2v) is 7.17. The Kier molecular flexibility index (Phi) is 4.24. The van der Waals surface area contributed by atoms with Gasteiger partial charge in [0.25, 0.3) is 0 Å². The molecule has 0 spiro atoms. The molecule has 0 aromatic heterocycles. The van der Waals surface area contributed by atoms with Crippen LogP contribution in [0.25, 0.3) is 0 Å². The summed E-state index contributed by atoms with van der Waals surface area (Å²) in [4.78, 5) is 2.38. The first-order valence-corrected chi connectivity index (χ1v) is 7.41. The van der Waals surface area contributed by atoms with Crippen molar-refractivity contribution < 1.29 is 10.2 Å². The molecule has 1 aliphatic heterocycles. The molecular formula is C17H27NO2. The number of hydrogen-bond acceptors (Lipinski definition) is 3. The molecule has 0 bridgehead atoms. The molecule has 112 valence electrons. The van der Waals surface area contributed by atoms with Crippen LogP contribution in [-0.4, -0.2) is 38.9 Å². The van der Waals surface area contributed by atoms with Crippen molar-refractivity contribution in [2.75, 3.05) is 6.61 Å². The number of benzene rings is 1. The highest BCUT2D eigenvalue weighted by Crippen LogP contribution is 2.44. The van der Waals surface area contributed by atoms with Gasteiger partial charge in [-0.1, -0.05) is 30.3 Å². The number of aliphatic hydroxyl groups is 2.